The maximum Gasteiger partial charge on any atom is 0.220 e. The Balaban J connectivity index is 1.69. The van der Waals surface area contributed by atoms with Crippen LogP contribution in [0.5, 0.6) is 0 Å². The van der Waals surface area contributed by atoms with Gasteiger partial charge >= 0.3 is 0 Å². The second-order valence-corrected chi connectivity index (χ2v) is 25.4. The van der Waals surface area contributed by atoms with Crippen LogP contribution >= 0.6 is 0 Å². The number of nitrogens with one attached hydrogen (secondary N) is 1. The molecule has 0 aromatic heterocycles. The van der Waals surface area contributed by atoms with Crippen molar-refractivity contribution in [3.63, 3.8) is 0 Å². The first-order chi connectivity index (χ1) is 41.1. The normalized spacial score (nSPS) is 23.7. The molecule has 2 heterocycles. The Kier molecular flexibility index (Phi) is 51.9. The van der Waals surface area contributed by atoms with E-state index in [1.165, 1.54) is 257 Å². The summed E-state index contributed by atoms with van der Waals surface area (Å²) in [4.78, 5) is 13.3. The second-order valence-electron chi connectivity index (χ2n) is 25.4. The van der Waals surface area contributed by atoms with E-state index in [0.29, 0.717) is 12.8 Å². The third-order valence-electron chi connectivity index (χ3n) is 17.6. The van der Waals surface area contributed by atoms with Crippen molar-refractivity contribution in [2.75, 3.05) is 19.8 Å². The molecule has 0 bridgehead atoms. The smallest absolute Gasteiger partial charge is 0.220 e. The number of carbonyl (C=O) groups excluding carboxylic acids is 1. The number of allylic oxidation sites excluding steroid dienone is 3. The van der Waals surface area contributed by atoms with E-state index in [2.05, 4.69) is 31.3 Å². The Morgan fingerprint density at radius 2 is 0.762 bits per heavy atom. The molecule has 12 atom stereocenters. The molecule has 2 fully saturated rings. The van der Waals surface area contributed by atoms with Crippen molar-refractivity contribution < 1.29 is 64.6 Å². The zero-order chi connectivity index (χ0) is 60.9. The number of carbonyl (C=O) groups is 1. The van der Waals surface area contributed by atoms with Gasteiger partial charge in [-0.2, -0.15) is 0 Å². The van der Waals surface area contributed by atoms with Gasteiger partial charge in [0.15, 0.2) is 12.6 Å². The molecule has 0 aromatic carbocycles. The van der Waals surface area contributed by atoms with E-state index in [1.54, 1.807) is 6.08 Å². The van der Waals surface area contributed by atoms with E-state index < -0.39 is 86.8 Å². The summed E-state index contributed by atoms with van der Waals surface area (Å²) in [5.41, 5.74) is 0. The molecule has 9 N–H and O–H groups in total. The summed E-state index contributed by atoms with van der Waals surface area (Å²) in [7, 11) is 0. The molecule has 0 aliphatic carbocycles. The van der Waals surface area contributed by atoms with Crippen molar-refractivity contribution in [2.24, 2.45) is 0 Å². The average molecular weight is 1200 g/mol. The Labute approximate surface area is 513 Å². The van der Waals surface area contributed by atoms with Gasteiger partial charge in [0, 0.05) is 6.42 Å². The molecule has 2 saturated heterocycles. The molecule has 1 amide bonds. The van der Waals surface area contributed by atoms with E-state index in [4.69, 9.17) is 18.9 Å². The monoisotopic (exact) mass is 1200 g/mol. The first-order valence-electron chi connectivity index (χ1n) is 35.6. The van der Waals surface area contributed by atoms with Gasteiger partial charge in [0.2, 0.25) is 5.91 Å². The number of ether oxygens (including phenoxy) is 4. The summed E-state index contributed by atoms with van der Waals surface area (Å²) in [6, 6.07) is -0.929. The summed E-state index contributed by atoms with van der Waals surface area (Å²) in [5, 5.41) is 87.4. The molecule has 496 valence electrons. The highest BCUT2D eigenvalue weighted by molar-refractivity contribution is 5.76. The SMILES string of the molecule is CCCCCCCCCCCCCCCCCCCCC/C=C/CC/C=C/C(O)C(COC1OC(CO)C(OC2OC(CO)C(O)C(O)C2O)C(O)C1O)NC(=O)CCCCCCCCCCCCCCCCCCCCCCCCCCC. The number of amides is 1. The van der Waals surface area contributed by atoms with Crippen molar-refractivity contribution in [3.8, 4) is 0 Å². The lowest BCUT2D eigenvalue weighted by Crippen LogP contribution is -2.65. The predicted octanol–water partition coefficient (Wildman–Crippen LogP) is 14.3. The fraction of sp³-hybridized carbons (Fsp3) is 0.929. The van der Waals surface area contributed by atoms with Crippen LogP contribution in [-0.4, -0.2) is 140 Å². The van der Waals surface area contributed by atoms with Gasteiger partial charge in [-0.05, 0) is 32.1 Å². The molecular formula is C70H133NO13. The molecule has 14 heteroatoms. The molecule has 12 unspecified atom stereocenters. The van der Waals surface area contributed by atoms with Gasteiger partial charge in [0.25, 0.3) is 0 Å². The van der Waals surface area contributed by atoms with E-state index in [-0.39, 0.29) is 18.9 Å². The van der Waals surface area contributed by atoms with Crippen LogP contribution in [-0.2, 0) is 23.7 Å². The molecule has 0 aromatic rings. The molecule has 2 aliphatic rings. The van der Waals surface area contributed by atoms with Crippen LogP contribution < -0.4 is 5.32 Å². The Morgan fingerprint density at radius 3 is 1.17 bits per heavy atom. The van der Waals surface area contributed by atoms with Crippen molar-refractivity contribution in [2.45, 2.75) is 396 Å². The number of hydrogen-bond donors (Lipinski definition) is 9. The fourth-order valence-corrected chi connectivity index (χ4v) is 12.0. The van der Waals surface area contributed by atoms with E-state index >= 15 is 0 Å². The number of unbranched alkanes of at least 4 members (excludes halogenated alkanes) is 44. The Bertz CT molecular complexity index is 1500. The number of aliphatic hydroxyl groups excluding tert-OH is 8. The molecular weight excluding hydrogens is 1060 g/mol. The van der Waals surface area contributed by atoms with E-state index in [9.17, 15) is 45.6 Å². The van der Waals surface area contributed by atoms with Gasteiger partial charge in [-0.3, -0.25) is 4.79 Å². The van der Waals surface area contributed by atoms with Crippen LogP contribution in [0.3, 0.4) is 0 Å². The minimum atomic E-state index is -1.79. The molecule has 2 aliphatic heterocycles. The van der Waals surface area contributed by atoms with Crippen LogP contribution in [0.15, 0.2) is 24.3 Å². The van der Waals surface area contributed by atoms with Crippen LogP contribution in [0.4, 0.5) is 0 Å². The third-order valence-corrected chi connectivity index (χ3v) is 17.6. The topological polar surface area (TPSA) is 228 Å². The van der Waals surface area contributed by atoms with Crippen molar-refractivity contribution in [3.05, 3.63) is 24.3 Å². The van der Waals surface area contributed by atoms with Gasteiger partial charge < -0.3 is 65.1 Å². The lowest BCUT2D eigenvalue weighted by atomic mass is 9.97. The summed E-state index contributed by atoms with van der Waals surface area (Å²) in [6.07, 6.45) is 52.4. The van der Waals surface area contributed by atoms with Crippen LogP contribution in [0.25, 0.3) is 0 Å². The highest BCUT2D eigenvalue weighted by Gasteiger charge is 2.51. The summed E-state index contributed by atoms with van der Waals surface area (Å²) < 4.78 is 22.9. The van der Waals surface area contributed by atoms with Gasteiger partial charge in [-0.25, -0.2) is 0 Å². The Hall–Kier alpha value is -1.53. The zero-order valence-corrected chi connectivity index (χ0v) is 53.9. The number of rotatable bonds is 59. The van der Waals surface area contributed by atoms with Crippen LogP contribution in [0.2, 0.25) is 0 Å². The van der Waals surface area contributed by atoms with Gasteiger partial charge in [-0.1, -0.05) is 308 Å². The summed E-state index contributed by atoms with van der Waals surface area (Å²) in [6.45, 7) is 2.84. The largest absolute Gasteiger partial charge is 0.394 e. The Morgan fingerprint density at radius 1 is 0.417 bits per heavy atom. The summed E-state index contributed by atoms with van der Waals surface area (Å²) in [5.74, 6) is -0.241. The first kappa shape index (κ1) is 78.6. The molecule has 0 radical (unpaired) electrons. The average Bonchev–Trinajstić information content (AvgIpc) is 3.62. The van der Waals surface area contributed by atoms with Gasteiger partial charge in [0.05, 0.1) is 32.0 Å². The third kappa shape index (κ3) is 39.5. The van der Waals surface area contributed by atoms with Gasteiger partial charge in [0.1, 0.15) is 48.8 Å². The highest BCUT2D eigenvalue weighted by atomic mass is 16.7. The van der Waals surface area contributed by atoms with Crippen molar-refractivity contribution in [1.82, 2.24) is 5.32 Å². The minimum Gasteiger partial charge on any atom is -0.394 e. The van der Waals surface area contributed by atoms with E-state index in [0.717, 1.165) is 32.1 Å². The standard InChI is InChI=1S/C70H133NO13/c1-3-5-7-9-11-13-15-17-19-21-23-25-27-29-31-33-35-37-39-41-43-45-47-49-51-53-59(74)58(57-81-69-67(80)65(78)68(61(56-73)83-69)84-70-66(79)64(77)63(76)60(55-72)82-70)71-62(75)54-52-50-48-46-44-42-40-38-36-34-32-30-28-26-24-22-20-18-16-14-12-10-8-6-4-2/h43,45,51,53,58-61,63-70,72-74,76-80H,3-42,44,46-50,52,54-57H2,1-2H3,(H,71,75)/b45-43+,53-51+. The number of aliphatic hydroxyl groups is 8. The van der Waals surface area contributed by atoms with Crippen LogP contribution in [0.1, 0.15) is 322 Å². The number of hydrogen-bond acceptors (Lipinski definition) is 13. The molecule has 0 saturated carbocycles. The fourth-order valence-electron chi connectivity index (χ4n) is 12.0. The second kappa shape index (κ2) is 55.5. The summed E-state index contributed by atoms with van der Waals surface area (Å²) >= 11 is 0. The minimum absolute atomic E-state index is 0.241. The quantitative estimate of drug-likeness (QED) is 0.0204. The van der Waals surface area contributed by atoms with Gasteiger partial charge in [-0.15, -0.1) is 0 Å². The van der Waals surface area contributed by atoms with Crippen molar-refractivity contribution >= 4 is 5.91 Å². The molecule has 0 spiro atoms. The van der Waals surface area contributed by atoms with E-state index in [1.807, 2.05) is 6.08 Å². The zero-order valence-electron chi connectivity index (χ0n) is 53.9. The van der Waals surface area contributed by atoms with Crippen LogP contribution in [0, 0.1) is 0 Å². The van der Waals surface area contributed by atoms with Crippen molar-refractivity contribution in [1.29, 1.82) is 0 Å². The molecule has 84 heavy (non-hydrogen) atoms. The predicted molar refractivity (Wildman–Crippen MR) is 342 cm³/mol. The molecule has 2 rings (SSSR count). The lowest BCUT2D eigenvalue weighted by Gasteiger charge is -2.46. The maximum atomic E-state index is 13.3. The lowest BCUT2D eigenvalue weighted by molar-refractivity contribution is -0.359. The highest BCUT2D eigenvalue weighted by Crippen LogP contribution is 2.30. The molecule has 14 nitrogen and oxygen atoms in total. The first-order valence-corrected chi connectivity index (χ1v) is 35.6. The maximum absolute atomic E-state index is 13.3.